The monoisotopic (exact) mass is 418 g/mol. The van der Waals surface area contributed by atoms with Crippen molar-refractivity contribution >= 4 is 62.4 Å². The van der Waals surface area contributed by atoms with Crippen LogP contribution < -0.4 is 9.80 Å². The molecule has 0 bridgehead atoms. The van der Waals surface area contributed by atoms with Crippen LogP contribution >= 0.6 is 24.0 Å². The highest BCUT2D eigenvalue weighted by atomic mass is 32.2. The van der Waals surface area contributed by atoms with E-state index in [0.29, 0.717) is 9.23 Å². The highest BCUT2D eigenvalue weighted by Crippen LogP contribution is 2.37. The summed E-state index contributed by atoms with van der Waals surface area (Å²) in [6.45, 7) is 6.17. The van der Waals surface area contributed by atoms with Crippen LogP contribution in [0, 0.1) is 0 Å². The third-order valence-electron chi connectivity index (χ3n) is 5.14. The number of fused-ring (bicyclic) bond motifs is 1. The Labute approximate surface area is 181 Å². The summed E-state index contributed by atoms with van der Waals surface area (Å²) < 4.78 is 0.567. The van der Waals surface area contributed by atoms with E-state index in [9.17, 15) is 4.79 Å². The zero-order chi connectivity index (χ0) is 20.4. The van der Waals surface area contributed by atoms with E-state index in [-0.39, 0.29) is 5.91 Å². The molecule has 1 saturated heterocycles. The predicted molar refractivity (Wildman–Crippen MR) is 130 cm³/mol. The average Bonchev–Trinajstić information content (AvgIpc) is 3.03. The second-order valence-corrected chi connectivity index (χ2v) is 8.45. The van der Waals surface area contributed by atoms with Gasteiger partial charge in [0.15, 0.2) is 4.32 Å². The van der Waals surface area contributed by atoms with Gasteiger partial charge in [-0.1, -0.05) is 66.4 Å². The number of thiocarbonyl (C=S) groups is 1. The minimum Gasteiger partial charge on any atom is -0.372 e. The van der Waals surface area contributed by atoms with Crippen molar-refractivity contribution in [2.45, 2.75) is 13.8 Å². The molecule has 5 heteroatoms. The fourth-order valence-electron chi connectivity index (χ4n) is 3.61. The third kappa shape index (κ3) is 3.80. The highest BCUT2D eigenvalue weighted by molar-refractivity contribution is 8.27. The van der Waals surface area contributed by atoms with Gasteiger partial charge in [0.1, 0.15) is 0 Å². The van der Waals surface area contributed by atoms with Crippen LogP contribution in [0.15, 0.2) is 71.6 Å². The third-order valence-corrected chi connectivity index (χ3v) is 6.44. The molecule has 4 rings (SSSR count). The molecule has 0 atom stereocenters. The van der Waals surface area contributed by atoms with Gasteiger partial charge in [0.25, 0.3) is 5.91 Å². The number of thioether (sulfide) groups is 1. The molecule has 3 nitrogen and oxygen atoms in total. The number of carbonyl (C=O) groups excluding carboxylic acids is 1. The second-order valence-electron chi connectivity index (χ2n) is 6.77. The summed E-state index contributed by atoms with van der Waals surface area (Å²) in [5.74, 6) is -0.0662. The largest absolute Gasteiger partial charge is 0.372 e. The molecule has 1 heterocycles. The van der Waals surface area contributed by atoms with Crippen molar-refractivity contribution in [1.82, 2.24) is 0 Å². The SMILES string of the molecule is CCN(CC)c1ccc(N2C(=O)/C(=C\c3cccc4ccccc34)SC2=S)cc1. The van der Waals surface area contributed by atoms with Gasteiger partial charge in [0.2, 0.25) is 0 Å². The van der Waals surface area contributed by atoms with Gasteiger partial charge in [0, 0.05) is 18.8 Å². The number of carbonyl (C=O) groups is 1. The zero-order valence-corrected chi connectivity index (χ0v) is 18.1. The van der Waals surface area contributed by atoms with Crippen LogP contribution in [0.1, 0.15) is 19.4 Å². The fraction of sp³-hybridized carbons (Fsp3) is 0.167. The summed E-state index contributed by atoms with van der Waals surface area (Å²) in [4.78, 5) is 17.7. The van der Waals surface area contributed by atoms with Gasteiger partial charge in [0.05, 0.1) is 10.6 Å². The molecule has 1 fully saturated rings. The average molecular weight is 419 g/mol. The minimum atomic E-state index is -0.0662. The Morgan fingerprint density at radius 2 is 1.66 bits per heavy atom. The van der Waals surface area contributed by atoms with Crippen LogP contribution in [0.5, 0.6) is 0 Å². The molecule has 1 aliphatic rings. The number of hydrogen-bond acceptors (Lipinski definition) is 4. The first kappa shape index (κ1) is 19.7. The lowest BCUT2D eigenvalue weighted by atomic mass is 10.0. The van der Waals surface area contributed by atoms with Gasteiger partial charge < -0.3 is 4.90 Å². The Morgan fingerprint density at radius 3 is 2.38 bits per heavy atom. The first-order valence-corrected chi connectivity index (χ1v) is 11.0. The first-order valence-electron chi connectivity index (χ1n) is 9.73. The molecule has 0 spiro atoms. The van der Waals surface area contributed by atoms with Crippen molar-refractivity contribution in [3.8, 4) is 0 Å². The van der Waals surface area contributed by atoms with Crippen LogP contribution in [0.2, 0.25) is 0 Å². The Bertz CT molecular complexity index is 1100. The second kappa shape index (κ2) is 8.39. The van der Waals surface area contributed by atoms with Crippen molar-refractivity contribution in [3.05, 3.63) is 77.2 Å². The Morgan fingerprint density at radius 1 is 0.966 bits per heavy atom. The van der Waals surface area contributed by atoms with Gasteiger partial charge >= 0.3 is 0 Å². The molecule has 0 aromatic heterocycles. The van der Waals surface area contributed by atoms with Crippen molar-refractivity contribution in [1.29, 1.82) is 0 Å². The molecule has 29 heavy (non-hydrogen) atoms. The summed E-state index contributed by atoms with van der Waals surface area (Å²) >= 11 is 6.89. The number of anilines is 2. The van der Waals surface area contributed by atoms with Crippen molar-refractivity contribution in [2.75, 3.05) is 22.9 Å². The molecule has 0 N–H and O–H groups in total. The summed E-state index contributed by atoms with van der Waals surface area (Å²) in [6, 6.07) is 22.4. The quantitative estimate of drug-likeness (QED) is 0.369. The maximum Gasteiger partial charge on any atom is 0.270 e. The minimum absolute atomic E-state index is 0.0662. The van der Waals surface area contributed by atoms with E-state index in [2.05, 4.69) is 49.1 Å². The number of benzene rings is 3. The van der Waals surface area contributed by atoms with Gasteiger partial charge in [-0.3, -0.25) is 9.69 Å². The van der Waals surface area contributed by atoms with Gasteiger partial charge in [-0.05, 0) is 60.5 Å². The molecule has 146 valence electrons. The van der Waals surface area contributed by atoms with Crippen LogP contribution in [-0.2, 0) is 4.79 Å². The Kier molecular flexibility index (Phi) is 5.69. The zero-order valence-electron chi connectivity index (χ0n) is 16.5. The topological polar surface area (TPSA) is 23.6 Å². The Balaban J connectivity index is 1.64. The highest BCUT2D eigenvalue weighted by Gasteiger charge is 2.33. The molecule has 0 radical (unpaired) electrons. The predicted octanol–water partition coefficient (Wildman–Crippen LogP) is 6.09. The van der Waals surface area contributed by atoms with E-state index in [1.165, 1.54) is 11.8 Å². The van der Waals surface area contributed by atoms with Crippen molar-refractivity contribution in [3.63, 3.8) is 0 Å². The number of amides is 1. The summed E-state index contributed by atoms with van der Waals surface area (Å²) in [6.07, 6.45) is 1.95. The van der Waals surface area contributed by atoms with Crippen molar-refractivity contribution < 1.29 is 4.79 Å². The fourth-order valence-corrected chi connectivity index (χ4v) is 4.90. The lowest BCUT2D eigenvalue weighted by Gasteiger charge is -2.22. The molecular weight excluding hydrogens is 396 g/mol. The van der Waals surface area contributed by atoms with E-state index in [1.807, 2.05) is 42.5 Å². The number of nitrogens with zero attached hydrogens (tertiary/aromatic N) is 2. The summed E-state index contributed by atoms with van der Waals surface area (Å²) in [7, 11) is 0. The van der Waals surface area contributed by atoms with Gasteiger partial charge in [-0.2, -0.15) is 0 Å². The van der Waals surface area contributed by atoms with Gasteiger partial charge in [-0.15, -0.1) is 0 Å². The van der Waals surface area contributed by atoms with Crippen LogP contribution in [-0.4, -0.2) is 23.3 Å². The molecule has 3 aromatic rings. The van der Waals surface area contributed by atoms with E-state index in [4.69, 9.17) is 12.2 Å². The van der Waals surface area contributed by atoms with E-state index in [0.717, 1.165) is 40.8 Å². The Hall–Kier alpha value is -2.63. The van der Waals surface area contributed by atoms with E-state index < -0.39 is 0 Å². The summed E-state index contributed by atoms with van der Waals surface area (Å²) in [5, 5.41) is 2.28. The molecular formula is C24H22N2OS2. The normalized spacial score (nSPS) is 15.5. The summed E-state index contributed by atoms with van der Waals surface area (Å²) in [5.41, 5.74) is 2.99. The van der Waals surface area contributed by atoms with Crippen molar-refractivity contribution in [2.24, 2.45) is 0 Å². The van der Waals surface area contributed by atoms with Crippen LogP contribution in [0.25, 0.3) is 16.8 Å². The molecule has 0 aliphatic carbocycles. The molecule has 3 aromatic carbocycles. The van der Waals surface area contributed by atoms with E-state index in [1.54, 1.807) is 4.90 Å². The van der Waals surface area contributed by atoms with Crippen LogP contribution in [0.3, 0.4) is 0 Å². The maximum atomic E-state index is 13.1. The molecule has 1 aliphatic heterocycles. The molecule has 0 unspecified atom stereocenters. The standard InChI is InChI=1S/C24H22N2OS2/c1-3-25(4-2)19-12-14-20(15-13-19)26-23(27)22(29-24(26)28)16-18-10-7-9-17-8-5-6-11-21(17)18/h5-16H,3-4H2,1-2H3/b22-16+. The maximum absolute atomic E-state index is 13.1. The number of rotatable bonds is 5. The lowest BCUT2D eigenvalue weighted by molar-refractivity contribution is -0.113. The van der Waals surface area contributed by atoms with Crippen LogP contribution in [0.4, 0.5) is 11.4 Å². The molecule has 1 amide bonds. The van der Waals surface area contributed by atoms with E-state index >= 15 is 0 Å². The smallest absolute Gasteiger partial charge is 0.270 e. The molecule has 0 saturated carbocycles. The number of hydrogen-bond donors (Lipinski definition) is 0. The first-order chi connectivity index (χ1) is 14.1. The van der Waals surface area contributed by atoms with Gasteiger partial charge in [-0.25, -0.2) is 0 Å². The lowest BCUT2D eigenvalue weighted by Crippen LogP contribution is -2.27.